The molecular formula is C20H17F4NO. The van der Waals surface area contributed by atoms with Crippen molar-refractivity contribution >= 4 is 5.91 Å². The van der Waals surface area contributed by atoms with Gasteiger partial charge in [0.2, 0.25) is 5.91 Å². The molecule has 1 N–H and O–H groups in total. The Morgan fingerprint density at radius 3 is 2.65 bits per heavy atom. The summed E-state index contributed by atoms with van der Waals surface area (Å²) in [5, 5.41) is 1.89. The van der Waals surface area contributed by atoms with Gasteiger partial charge in [-0.3, -0.25) is 4.79 Å². The lowest BCUT2D eigenvalue weighted by Gasteiger charge is -2.15. The highest BCUT2D eigenvalue weighted by molar-refractivity contribution is 5.94. The van der Waals surface area contributed by atoms with E-state index in [2.05, 4.69) is 11.8 Å². The molecule has 26 heavy (non-hydrogen) atoms. The zero-order valence-electron chi connectivity index (χ0n) is 14.0. The van der Waals surface area contributed by atoms with Crippen LogP contribution in [-0.4, -0.2) is 18.6 Å². The molecule has 6 heteroatoms. The van der Waals surface area contributed by atoms with Crippen molar-refractivity contribution in [3.8, 4) is 11.8 Å². The molecule has 1 aliphatic rings. The van der Waals surface area contributed by atoms with Crippen molar-refractivity contribution in [1.29, 1.82) is 0 Å². The van der Waals surface area contributed by atoms with Gasteiger partial charge in [-0.1, -0.05) is 37.0 Å². The van der Waals surface area contributed by atoms with Crippen LogP contribution in [0, 0.1) is 23.6 Å². The summed E-state index contributed by atoms with van der Waals surface area (Å²) >= 11 is 0. The SMILES string of the molecule is CCC1C=CC(C#Cc2cccc(F)c2)=CC=C1C(=O)NCC(F)(F)F. The van der Waals surface area contributed by atoms with E-state index in [1.807, 2.05) is 12.2 Å². The highest BCUT2D eigenvalue weighted by Crippen LogP contribution is 2.22. The Balaban J connectivity index is 2.20. The predicted octanol–water partition coefficient (Wildman–Crippen LogP) is 4.30. The summed E-state index contributed by atoms with van der Waals surface area (Å²) in [6.07, 6.45) is 2.59. The van der Waals surface area contributed by atoms with E-state index in [-0.39, 0.29) is 11.5 Å². The Morgan fingerprint density at radius 2 is 2.00 bits per heavy atom. The van der Waals surface area contributed by atoms with E-state index >= 15 is 0 Å². The fourth-order valence-electron chi connectivity index (χ4n) is 2.36. The molecule has 1 unspecified atom stereocenters. The van der Waals surface area contributed by atoms with E-state index in [1.165, 1.54) is 18.2 Å². The number of carbonyl (C=O) groups is 1. The largest absolute Gasteiger partial charge is 0.405 e. The molecule has 0 bridgehead atoms. The van der Waals surface area contributed by atoms with Crippen molar-refractivity contribution < 1.29 is 22.4 Å². The highest BCUT2D eigenvalue weighted by atomic mass is 19.4. The Kier molecular flexibility index (Phi) is 6.40. The summed E-state index contributed by atoms with van der Waals surface area (Å²) in [5.41, 5.74) is 1.32. The standard InChI is InChI=1S/C20H17F4NO/c1-2-16-10-8-14(6-7-15-4-3-5-17(21)12-15)9-11-18(16)19(26)25-13-20(22,23)24/h3-5,8-12,16H,2,13H2,1H3,(H,25,26). The molecule has 0 aromatic heterocycles. The molecule has 136 valence electrons. The summed E-state index contributed by atoms with van der Waals surface area (Å²) in [7, 11) is 0. The minimum Gasteiger partial charge on any atom is -0.343 e. The number of rotatable bonds is 3. The van der Waals surface area contributed by atoms with Gasteiger partial charge in [0.25, 0.3) is 0 Å². The van der Waals surface area contributed by atoms with Crippen LogP contribution < -0.4 is 5.32 Å². The summed E-state index contributed by atoms with van der Waals surface area (Å²) in [6.45, 7) is 0.461. The maximum Gasteiger partial charge on any atom is 0.405 e. The molecule has 1 aliphatic carbocycles. The molecule has 0 aliphatic heterocycles. The smallest absolute Gasteiger partial charge is 0.343 e. The van der Waals surface area contributed by atoms with Crippen LogP contribution in [0.3, 0.4) is 0 Å². The van der Waals surface area contributed by atoms with Crippen molar-refractivity contribution in [1.82, 2.24) is 5.32 Å². The Labute approximate surface area is 149 Å². The highest BCUT2D eigenvalue weighted by Gasteiger charge is 2.29. The summed E-state index contributed by atoms with van der Waals surface area (Å²) in [6, 6.07) is 5.83. The second kappa shape index (κ2) is 8.52. The summed E-state index contributed by atoms with van der Waals surface area (Å²) in [4.78, 5) is 12.1. The average molecular weight is 363 g/mol. The lowest BCUT2D eigenvalue weighted by molar-refractivity contribution is -0.136. The van der Waals surface area contributed by atoms with E-state index in [0.29, 0.717) is 17.6 Å². The first-order valence-corrected chi connectivity index (χ1v) is 8.01. The number of alkyl halides is 3. The molecule has 0 radical (unpaired) electrons. The minimum atomic E-state index is -4.46. The molecule has 1 aromatic carbocycles. The zero-order valence-corrected chi connectivity index (χ0v) is 14.0. The Bertz CT molecular complexity index is 822. The maximum absolute atomic E-state index is 13.2. The van der Waals surface area contributed by atoms with Crippen LogP contribution in [0.5, 0.6) is 0 Å². The number of hydrogen-bond acceptors (Lipinski definition) is 1. The van der Waals surface area contributed by atoms with Gasteiger partial charge in [0, 0.05) is 22.6 Å². The van der Waals surface area contributed by atoms with E-state index in [9.17, 15) is 22.4 Å². The number of allylic oxidation sites excluding steroid dienone is 5. The van der Waals surface area contributed by atoms with Gasteiger partial charge < -0.3 is 5.32 Å². The van der Waals surface area contributed by atoms with Gasteiger partial charge in [-0.05, 0) is 36.8 Å². The molecule has 0 saturated carbocycles. The summed E-state index contributed by atoms with van der Waals surface area (Å²) in [5.74, 6) is 4.22. The van der Waals surface area contributed by atoms with E-state index < -0.39 is 24.4 Å². The molecule has 0 heterocycles. The zero-order chi connectivity index (χ0) is 19.2. The molecule has 0 spiro atoms. The number of hydrogen-bond donors (Lipinski definition) is 1. The lowest BCUT2D eigenvalue weighted by atomic mass is 9.95. The molecule has 2 nitrogen and oxygen atoms in total. The fourth-order valence-corrected chi connectivity index (χ4v) is 2.36. The minimum absolute atomic E-state index is 0.246. The van der Waals surface area contributed by atoms with Gasteiger partial charge in [-0.15, -0.1) is 0 Å². The van der Waals surface area contributed by atoms with E-state index in [4.69, 9.17) is 0 Å². The number of amides is 1. The monoisotopic (exact) mass is 363 g/mol. The van der Waals surface area contributed by atoms with Gasteiger partial charge in [0.1, 0.15) is 12.4 Å². The third-order valence-electron chi connectivity index (χ3n) is 3.68. The molecule has 1 amide bonds. The van der Waals surface area contributed by atoms with Gasteiger partial charge in [0.15, 0.2) is 0 Å². The van der Waals surface area contributed by atoms with E-state index in [1.54, 1.807) is 30.4 Å². The Hall–Kier alpha value is -2.81. The van der Waals surface area contributed by atoms with Crippen LogP contribution in [-0.2, 0) is 4.79 Å². The van der Waals surface area contributed by atoms with Crippen LogP contribution in [0.1, 0.15) is 18.9 Å². The second-order valence-electron chi connectivity index (χ2n) is 5.68. The van der Waals surface area contributed by atoms with Crippen LogP contribution in [0.25, 0.3) is 0 Å². The third kappa shape index (κ3) is 5.92. The summed E-state index contributed by atoms with van der Waals surface area (Å²) < 4.78 is 50.0. The number of benzene rings is 1. The third-order valence-corrected chi connectivity index (χ3v) is 3.68. The van der Waals surface area contributed by atoms with E-state index in [0.717, 1.165) is 0 Å². The first-order valence-electron chi connectivity index (χ1n) is 8.01. The van der Waals surface area contributed by atoms with Gasteiger partial charge in [-0.25, -0.2) is 4.39 Å². The van der Waals surface area contributed by atoms with Crippen molar-refractivity contribution in [2.75, 3.05) is 6.54 Å². The van der Waals surface area contributed by atoms with Crippen molar-refractivity contribution in [3.63, 3.8) is 0 Å². The normalized spacial score (nSPS) is 16.7. The first-order chi connectivity index (χ1) is 12.3. The quantitative estimate of drug-likeness (QED) is 0.630. The van der Waals surface area contributed by atoms with Gasteiger partial charge in [0.05, 0.1) is 0 Å². The van der Waals surface area contributed by atoms with Crippen molar-refractivity contribution in [2.24, 2.45) is 5.92 Å². The number of halogens is 4. The van der Waals surface area contributed by atoms with Crippen LogP contribution in [0.4, 0.5) is 17.6 Å². The van der Waals surface area contributed by atoms with Crippen molar-refractivity contribution in [2.45, 2.75) is 19.5 Å². The average Bonchev–Trinajstić information content (AvgIpc) is 2.79. The molecule has 2 rings (SSSR count). The van der Waals surface area contributed by atoms with Gasteiger partial charge >= 0.3 is 6.18 Å². The maximum atomic E-state index is 13.2. The van der Waals surface area contributed by atoms with Crippen LogP contribution in [0.2, 0.25) is 0 Å². The lowest BCUT2D eigenvalue weighted by Crippen LogP contribution is -2.35. The molecule has 0 fully saturated rings. The molecule has 0 saturated heterocycles. The molecule has 1 aromatic rings. The molecule has 1 atom stereocenters. The molecular weight excluding hydrogens is 346 g/mol. The number of carbonyl (C=O) groups excluding carboxylic acids is 1. The van der Waals surface area contributed by atoms with Crippen molar-refractivity contribution in [3.05, 3.63) is 71.1 Å². The second-order valence-corrected chi connectivity index (χ2v) is 5.68. The predicted molar refractivity (Wildman–Crippen MR) is 91.4 cm³/mol. The van der Waals surface area contributed by atoms with Gasteiger partial charge in [-0.2, -0.15) is 13.2 Å². The van der Waals surface area contributed by atoms with Crippen LogP contribution in [0.15, 0.2) is 59.7 Å². The topological polar surface area (TPSA) is 29.1 Å². The van der Waals surface area contributed by atoms with Crippen LogP contribution >= 0.6 is 0 Å². The Morgan fingerprint density at radius 1 is 1.23 bits per heavy atom. The fraction of sp³-hybridized carbons (Fsp3) is 0.250. The first kappa shape index (κ1) is 19.5. The number of nitrogens with one attached hydrogen (secondary N) is 1.